The summed E-state index contributed by atoms with van der Waals surface area (Å²) in [6, 6.07) is 7.03. The third-order valence-electron chi connectivity index (χ3n) is 3.04. The van der Waals surface area contributed by atoms with Crippen LogP contribution in [0.2, 0.25) is 0 Å². The molecule has 0 aliphatic heterocycles. The molecule has 0 aliphatic carbocycles. The number of aliphatic hydroxyl groups excluding tert-OH is 1. The van der Waals surface area contributed by atoms with Crippen LogP contribution in [0.5, 0.6) is 0 Å². The largest absolute Gasteiger partial charge is 0.423 e. The van der Waals surface area contributed by atoms with Gasteiger partial charge in [-0.05, 0) is 30.0 Å². The highest BCUT2D eigenvalue weighted by atomic mass is 79.9. The maximum atomic E-state index is 11.4. The summed E-state index contributed by atoms with van der Waals surface area (Å²) in [5.74, 6) is 0. The van der Waals surface area contributed by atoms with Gasteiger partial charge in [0.25, 0.3) is 0 Å². The summed E-state index contributed by atoms with van der Waals surface area (Å²) in [5.41, 5.74) is 7.65. The number of aliphatic hydroxyl groups is 1. The normalized spacial score (nSPS) is 12.8. The molecular weight excluding hydrogens is 310 g/mol. The molecule has 1 atom stereocenters. The molecule has 1 heterocycles. The summed E-state index contributed by atoms with van der Waals surface area (Å²) in [7, 11) is 0. The molecule has 0 saturated carbocycles. The lowest BCUT2D eigenvalue weighted by atomic mass is 10.0. The monoisotopic (exact) mass is 325 g/mol. The second kappa shape index (κ2) is 6.32. The van der Waals surface area contributed by atoms with Gasteiger partial charge in [-0.15, -0.1) is 0 Å². The minimum atomic E-state index is -0.446. The Morgan fingerprint density at radius 1 is 1.37 bits per heavy atom. The quantitative estimate of drug-likeness (QED) is 0.650. The molecule has 0 aliphatic rings. The number of nitrogens with two attached hydrogens (primary N) is 1. The van der Waals surface area contributed by atoms with Crippen LogP contribution >= 0.6 is 15.9 Å². The number of hydrogen-bond acceptors (Lipinski definition) is 4. The number of rotatable bonds is 5. The van der Waals surface area contributed by atoms with Gasteiger partial charge in [-0.3, -0.25) is 0 Å². The fourth-order valence-corrected chi connectivity index (χ4v) is 2.67. The molecular formula is C14H16BrNO3. The number of hydrogen-bond donors (Lipinski definition) is 2. The van der Waals surface area contributed by atoms with Crippen LogP contribution in [0, 0.1) is 0 Å². The van der Waals surface area contributed by atoms with E-state index in [2.05, 4.69) is 15.9 Å². The van der Waals surface area contributed by atoms with Gasteiger partial charge in [0.2, 0.25) is 0 Å². The van der Waals surface area contributed by atoms with Gasteiger partial charge in [0.1, 0.15) is 5.58 Å². The second-order valence-corrected chi connectivity index (χ2v) is 5.31. The lowest BCUT2D eigenvalue weighted by Gasteiger charge is -2.10. The minimum absolute atomic E-state index is 0.0737. The zero-order chi connectivity index (χ0) is 13.8. The van der Waals surface area contributed by atoms with E-state index in [1.807, 2.05) is 18.2 Å². The molecule has 19 heavy (non-hydrogen) atoms. The van der Waals surface area contributed by atoms with Crippen LogP contribution in [-0.4, -0.2) is 16.5 Å². The highest BCUT2D eigenvalue weighted by Crippen LogP contribution is 2.19. The minimum Gasteiger partial charge on any atom is -0.423 e. The van der Waals surface area contributed by atoms with Crippen molar-refractivity contribution in [2.45, 2.75) is 25.5 Å². The number of halogens is 1. The first-order chi connectivity index (χ1) is 9.13. The van der Waals surface area contributed by atoms with Gasteiger partial charge in [-0.25, -0.2) is 4.79 Å². The Kier molecular flexibility index (Phi) is 4.74. The number of fused-ring (bicyclic) bond motifs is 1. The highest BCUT2D eigenvalue weighted by molar-refractivity contribution is 9.09. The molecule has 0 radical (unpaired) electrons. The molecule has 0 saturated heterocycles. The second-order valence-electron chi connectivity index (χ2n) is 4.52. The van der Waals surface area contributed by atoms with Gasteiger partial charge in [0.05, 0.1) is 6.61 Å². The topological polar surface area (TPSA) is 76.5 Å². The molecule has 3 N–H and O–H groups in total. The zero-order valence-electron chi connectivity index (χ0n) is 10.4. The number of benzene rings is 1. The summed E-state index contributed by atoms with van der Waals surface area (Å²) in [4.78, 5) is 11.4. The van der Waals surface area contributed by atoms with Crippen molar-refractivity contribution in [3.05, 3.63) is 45.8 Å². The summed E-state index contributed by atoms with van der Waals surface area (Å²) in [6.07, 6.45) is 1.62. The Hall–Kier alpha value is -1.17. The van der Waals surface area contributed by atoms with Crippen LogP contribution in [-0.2, 0) is 13.0 Å². The predicted molar refractivity (Wildman–Crippen MR) is 78.5 cm³/mol. The van der Waals surface area contributed by atoms with Gasteiger partial charge in [-0.2, -0.15) is 0 Å². The van der Waals surface area contributed by atoms with Crippen LogP contribution in [0.1, 0.15) is 17.5 Å². The van der Waals surface area contributed by atoms with E-state index in [1.165, 1.54) is 6.07 Å². The molecule has 5 heteroatoms. The molecule has 0 bridgehead atoms. The lowest BCUT2D eigenvalue weighted by Crippen LogP contribution is -2.23. The lowest BCUT2D eigenvalue weighted by molar-refractivity contribution is 0.282. The van der Waals surface area contributed by atoms with E-state index in [-0.39, 0.29) is 12.6 Å². The van der Waals surface area contributed by atoms with E-state index < -0.39 is 5.63 Å². The summed E-state index contributed by atoms with van der Waals surface area (Å²) in [5, 5.41) is 10.9. The molecule has 1 unspecified atom stereocenters. The van der Waals surface area contributed by atoms with E-state index in [0.29, 0.717) is 11.1 Å². The molecule has 1 aromatic carbocycles. The Labute approximate surface area is 119 Å². The van der Waals surface area contributed by atoms with Gasteiger partial charge in [0.15, 0.2) is 0 Å². The van der Waals surface area contributed by atoms with Gasteiger partial charge in [-0.1, -0.05) is 28.1 Å². The molecule has 2 aromatic rings. The van der Waals surface area contributed by atoms with Gasteiger partial charge in [0, 0.05) is 22.8 Å². The smallest absolute Gasteiger partial charge is 0.336 e. The van der Waals surface area contributed by atoms with Crippen molar-refractivity contribution in [2.75, 3.05) is 5.33 Å². The van der Waals surface area contributed by atoms with E-state index in [9.17, 15) is 9.90 Å². The van der Waals surface area contributed by atoms with Gasteiger partial charge < -0.3 is 15.3 Å². The summed E-state index contributed by atoms with van der Waals surface area (Å²) < 4.78 is 5.17. The maximum absolute atomic E-state index is 11.4. The molecule has 2 rings (SSSR count). The van der Waals surface area contributed by atoms with E-state index >= 15 is 0 Å². The van der Waals surface area contributed by atoms with Crippen molar-refractivity contribution in [1.82, 2.24) is 0 Å². The van der Waals surface area contributed by atoms with E-state index in [4.69, 9.17) is 10.2 Å². The molecule has 102 valence electrons. The third-order valence-corrected chi connectivity index (χ3v) is 3.50. The Morgan fingerprint density at radius 3 is 2.84 bits per heavy atom. The SMILES string of the molecule is NC(CCBr)Cc1ccc2c(CO)cc(=O)oc2c1. The Bertz CT molecular complexity index is 624. The fourth-order valence-electron chi connectivity index (χ4n) is 2.08. The first kappa shape index (κ1) is 14.2. The number of alkyl halides is 1. The van der Waals surface area contributed by atoms with Crippen LogP contribution in [0.25, 0.3) is 11.0 Å². The van der Waals surface area contributed by atoms with Crippen molar-refractivity contribution in [2.24, 2.45) is 5.73 Å². The van der Waals surface area contributed by atoms with Crippen LogP contribution < -0.4 is 11.4 Å². The third kappa shape index (κ3) is 3.43. The Balaban J connectivity index is 2.37. The summed E-state index contributed by atoms with van der Waals surface area (Å²) in [6.45, 7) is -0.176. The molecule has 4 nitrogen and oxygen atoms in total. The molecule has 0 fully saturated rings. The van der Waals surface area contributed by atoms with Crippen molar-refractivity contribution >= 4 is 26.9 Å². The van der Waals surface area contributed by atoms with E-state index in [0.717, 1.165) is 29.1 Å². The van der Waals surface area contributed by atoms with Gasteiger partial charge >= 0.3 is 5.63 Å². The standard InChI is InChI=1S/C14H16BrNO3/c15-4-3-11(16)5-9-1-2-12-10(8-17)7-14(18)19-13(12)6-9/h1-2,6-7,11,17H,3-5,8,16H2. The summed E-state index contributed by atoms with van der Waals surface area (Å²) >= 11 is 3.36. The highest BCUT2D eigenvalue weighted by Gasteiger charge is 2.08. The Morgan fingerprint density at radius 2 is 2.16 bits per heavy atom. The van der Waals surface area contributed by atoms with Crippen molar-refractivity contribution < 1.29 is 9.52 Å². The van der Waals surface area contributed by atoms with Crippen molar-refractivity contribution in [3.8, 4) is 0 Å². The molecule has 1 aromatic heterocycles. The first-order valence-electron chi connectivity index (χ1n) is 6.12. The zero-order valence-corrected chi connectivity index (χ0v) is 12.0. The van der Waals surface area contributed by atoms with Crippen molar-refractivity contribution in [3.63, 3.8) is 0 Å². The molecule has 0 spiro atoms. The molecule has 0 amide bonds. The van der Waals surface area contributed by atoms with Crippen LogP contribution in [0.4, 0.5) is 0 Å². The maximum Gasteiger partial charge on any atom is 0.336 e. The van der Waals surface area contributed by atoms with Crippen LogP contribution in [0.15, 0.2) is 33.5 Å². The average molecular weight is 326 g/mol. The first-order valence-corrected chi connectivity index (χ1v) is 7.24. The average Bonchev–Trinajstić information content (AvgIpc) is 2.37. The van der Waals surface area contributed by atoms with Crippen molar-refractivity contribution in [1.29, 1.82) is 0 Å². The van der Waals surface area contributed by atoms with Crippen LogP contribution in [0.3, 0.4) is 0 Å². The predicted octanol–water partition coefficient (Wildman–Crippen LogP) is 1.94. The van der Waals surface area contributed by atoms with E-state index in [1.54, 1.807) is 0 Å². The fraction of sp³-hybridized carbons (Fsp3) is 0.357.